The van der Waals surface area contributed by atoms with E-state index in [1.165, 1.54) is 0 Å². The van der Waals surface area contributed by atoms with Gasteiger partial charge in [-0.15, -0.1) is 0 Å². The van der Waals surface area contributed by atoms with Crippen LogP contribution < -0.4 is 0 Å². The first kappa shape index (κ1) is 11.3. The molecule has 1 heterocycles. The van der Waals surface area contributed by atoms with E-state index in [1.54, 1.807) is 18.2 Å². The zero-order valence-electron chi connectivity index (χ0n) is 7.98. The van der Waals surface area contributed by atoms with Gasteiger partial charge in [-0.2, -0.15) is 13.2 Å². The molecule has 1 N–H and O–H groups in total. The first-order chi connectivity index (χ1) is 7.44. The minimum absolute atomic E-state index is 0.203. The van der Waals surface area contributed by atoms with Crippen molar-refractivity contribution in [1.29, 1.82) is 0 Å². The first-order valence-electron chi connectivity index (χ1n) is 4.49. The Hall–Kier alpha value is -1.23. The van der Waals surface area contributed by atoms with Gasteiger partial charge in [0.15, 0.2) is 0 Å². The highest BCUT2D eigenvalue weighted by Crippen LogP contribution is 2.24. The second-order valence-electron chi connectivity index (χ2n) is 3.31. The largest absolute Gasteiger partial charge is 0.389 e. The molecule has 0 aliphatic carbocycles. The van der Waals surface area contributed by atoms with Crippen molar-refractivity contribution in [3.63, 3.8) is 0 Å². The van der Waals surface area contributed by atoms with Crippen LogP contribution in [0.3, 0.4) is 0 Å². The van der Waals surface area contributed by atoms with Crippen LogP contribution in [0.25, 0.3) is 11.0 Å². The minimum atomic E-state index is -4.21. The molecule has 0 saturated carbocycles. The topological polar surface area (TPSA) is 28.7 Å². The molecule has 0 atom stereocenters. The maximum atomic E-state index is 12.0. The van der Waals surface area contributed by atoms with Crippen LogP contribution in [0.4, 0.5) is 13.2 Å². The van der Waals surface area contributed by atoms with Gasteiger partial charge in [0.1, 0.15) is 5.82 Å². The van der Waals surface area contributed by atoms with Crippen LogP contribution in [-0.2, 0) is 0 Å². The van der Waals surface area contributed by atoms with E-state index in [0.29, 0.717) is 16.1 Å². The summed E-state index contributed by atoms with van der Waals surface area (Å²) in [5, 5.41) is 0.501. The molecule has 1 radical (unpaired) electrons. The SMILES string of the molecule is FC(F)(F)C[CH]c1nc2cc(Cl)ccc2[nH]1. The molecule has 0 aliphatic heterocycles. The van der Waals surface area contributed by atoms with Crippen LogP contribution in [0, 0.1) is 6.42 Å². The lowest BCUT2D eigenvalue weighted by Crippen LogP contribution is -2.07. The Kier molecular flexibility index (Phi) is 2.80. The summed E-state index contributed by atoms with van der Waals surface area (Å²) in [6, 6.07) is 4.92. The van der Waals surface area contributed by atoms with Crippen LogP contribution in [0.2, 0.25) is 5.02 Å². The standard InChI is InChI=1S/C10H7ClF3N2/c11-6-1-2-7-8(5-6)16-9(15-7)3-4-10(12,13)14/h1-3,5H,4H2,(H,15,16). The fraction of sp³-hybridized carbons (Fsp3) is 0.200. The lowest BCUT2D eigenvalue weighted by atomic mass is 10.3. The van der Waals surface area contributed by atoms with E-state index >= 15 is 0 Å². The van der Waals surface area contributed by atoms with Gasteiger partial charge in [0.25, 0.3) is 0 Å². The van der Waals surface area contributed by atoms with E-state index in [2.05, 4.69) is 9.97 Å². The fourth-order valence-electron chi connectivity index (χ4n) is 1.31. The molecule has 6 heteroatoms. The molecule has 2 rings (SSSR count). The molecule has 0 spiro atoms. The van der Waals surface area contributed by atoms with Crippen molar-refractivity contribution in [3.8, 4) is 0 Å². The Morgan fingerprint density at radius 1 is 1.38 bits per heavy atom. The zero-order chi connectivity index (χ0) is 11.8. The molecule has 0 fully saturated rings. The normalized spacial score (nSPS) is 12.2. The highest BCUT2D eigenvalue weighted by atomic mass is 35.5. The van der Waals surface area contributed by atoms with Crippen molar-refractivity contribution in [1.82, 2.24) is 9.97 Å². The molecular weight excluding hydrogens is 241 g/mol. The number of nitrogens with zero attached hydrogens (tertiary/aromatic N) is 1. The van der Waals surface area contributed by atoms with Gasteiger partial charge >= 0.3 is 6.18 Å². The van der Waals surface area contributed by atoms with Gasteiger partial charge in [-0.05, 0) is 18.2 Å². The van der Waals surface area contributed by atoms with Gasteiger partial charge in [0, 0.05) is 11.4 Å². The summed E-state index contributed by atoms with van der Waals surface area (Å²) in [6.45, 7) is 0. The molecular formula is C10H7ClF3N2. The van der Waals surface area contributed by atoms with Crippen LogP contribution in [0.1, 0.15) is 12.2 Å². The lowest BCUT2D eigenvalue weighted by Gasteiger charge is -2.02. The Morgan fingerprint density at radius 3 is 2.81 bits per heavy atom. The maximum Gasteiger partial charge on any atom is 0.389 e. The van der Waals surface area contributed by atoms with Crippen molar-refractivity contribution in [2.45, 2.75) is 12.6 Å². The van der Waals surface area contributed by atoms with Crippen molar-refractivity contribution >= 4 is 22.6 Å². The van der Waals surface area contributed by atoms with E-state index in [-0.39, 0.29) is 5.82 Å². The zero-order valence-corrected chi connectivity index (χ0v) is 8.73. The van der Waals surface area contributed by atoms with Crippen LogP contribution in [-0.4, -0.2) is 16.1 Å². The van der Waals surface area contributed by atoms with Crippen molar-refractivity contribution in [3.05, 3.63) is 35.5 Å². The molecule has 0 amide bonds. The number of aromatic nitrogens is 2. The molecule has 2 nitrogen and oxygen atoms in total. The number of nitrogens with one attached hydrogen (secondary N) is 1. The number of hydrogen-bond acceptors (Lipinski definition) is 1. The molecule has 1 aromatic carbocycles. The third-order valence-corrected chi connectivity index (χ3v) is 2.23. The van der Waals surface area contributed by atoms with E-state index in [1.807, 2.05) is 0 Å². The smallest absolute Gasteiger partial charge is 0.342 e. The molecule has 0 bridgehead atoms. The monoisotopic (exact) mass is 247 g/mol. The second kappa shape index (κ2) is 3.97. The summed E-state index contributed by atoms with van der Waals surface area (Å²) >= 11 is 5.73. The quantitative estimate of drug-likeness (QED) is 0.861. The van der Waals surface area contributed by atoms with E-state index in [0.717, 1.165) is 6.42 Å². The predicted molar refractivity (Wildman–Crippen MR) is 55.2 cm³/mol. The number of H-pyrrole nitrogens is 1. The summed E-state index contributed by atoms with van der Waals surface area (Å²) in [6.07, 6.45) is -4.20. The lowest BCUT2D eigenvalue weighted by molar-refractivity contribution is -0.127. The van der Waals surface area contributed by atoms with Crippen molar-refractivity contribution in [2.24, 2.45) is 0 Å². The van der Waals surface area contributed by atoms with Crippen LogP contribution in [0.5, 0.6) is 0 Å². The Morgan fingerprint density at radius 2 is 2.12 bits per heavy atom. The van der Waals surface area contributed by atoms with Gasteiger partial charge in [-0.1, -0.05) is 11.6 Å². The number of alkyl halides is 3. The molecule has 0 aliphatic rings. The highest BCUT2D eigenvalue weighted by molar-refractivity contribution is 6.31. The number of fused-ring (bicyclic) bond motifs is 1. The number of halogens is 4. The summed E-state index contributed by atoms with van der Waals surface area (Å²) in [7, 11) is 0. The van der Waals surface area contributed by atoms with Crippen molar-refractivity contribution in [2.75, 3.05) is 0 Å². The third-order valence-electron chi connectivity index (χ3n) is 1.99. The molecule has 2 aromatic rings. The fourth-order valence-corrected chi connectivity index (χ4v) is 1.47. The third kappa shape index (κ3) is 2.66. The minimum Gasteiger partial charge on any atom is -0.342 e. The highest BCUT2D eigenvalue weighted by Gasteiger charge is 2.27. The number of imidazole rings is 1. The van der Waals surface area contributed by atoms with Gasteiger partial charge in [0.05, 0.1) is 17.5 Å². The average molecular weight is 248 g/mol. The predicted octanol–water partition coefficient (Wildman–Crippen LogP) is 3.72. The summed E-state index contributed by atoms with van der Waals surface area (Å²) < 4.78 is 35.9. The number of aromatic amines is 1. The Bertz CT molecular complexity index is 504. The molecule has 1 aromatic heterocycles. The molecule has 16 heavy (non-hydrogen) atoms. The molecule has 0 unspecified atom stereocenters. The van der Waals surface area contributed by atoms with Gasteiger partial charge in [-0.3, -0.25) is 0 Å². The summed E-state index contributed by atoms with van der Waals surface area (Å²) in [5.41, 5.74) is 1.22. The number of benzene rings is 1. The Labute approximate surface area is 94.4 Å². The number of rotatable bonds is 2. The van der Waals surface area contributed by atoms with Crippen LogP contribution >= 0.6 is 11.6 Å². The van der Waals surface area contributed by atoms with Crippen molar-refractivity contribution < 1.29 is 13.2 Å². The molecule has 85 valence electrons. The Balaban J connectivity index is 2.20. The van der Waals surface area contributed by atoms with Gasteiger partial charge < -0.3 is 4.98 Å². The second-order valence-corrected chi connectivity index (χ2v) is 3.74. The van der Waals surface area contributed by atoms with Crippen LogP contribution in [0.15, 0.2) is 18.2 Å². The van der Waals surface area contributed by atoms with Gasteiger partial charge in [0.2, 0.25) is 0 Å². The van der Waals surface area contributed by atoms with E-state index in [4.69, 9.17) is 11.6 Å². The summed E-state index contributed by atoms with van der Waals surface area (Å²) in [4.78, 5) is 6.75. The average Bonchev–Trinajstić information content (AvgIpc) is 2.55. The van der Waals surface area contributed by atoms with Gasteiger partial charge in [-0.25, -0.2) is 4.98 Å². The maximum absolute atomic E-state index is 12.0. The first-order valence-corrected chi connectivity index (χ1v) is 4.87. The molecule has 0 saturated heterocycles. The van der Waals surface area contributed by atoms with E-state index < -0.39 is 12.6 Å². The number of hydrogen-bond donors (Lipinski definition) is 1. The summed E-state index contributed by atoms with van der Waals surface area (Å²) in [5.74, 6) is 0.203. The van der Waals surface area contributed by atoms with E-state index in [9.17, 15) is 13.2 Å².